The minimum absolute atomic E-state index is 0.0814. The molecule has 0 bridgehead atoms. The average Bonchev–Trinajstić information content (AvgIpc) is 2.65. The number of benzene rings is 3. The third kappa shape index (κ3) is 6.28. The normalized spacial score (nSPS) is 11.3. The van der Waals surface area contributed by atoms with Gasteiger partial charge >= 0.3 is 0 Å². The number of hydrogen-bond acceptors (Lipinski definition) is 1. The first kappa shape index (κ1) is 21.8. The van der Waals surface area contributed by atoms with Crippen LogP contribution in [-0.4, -0.2) is 0 Å². The summed E-state index contributed by atoms with van der Waals surface area (Å²) in [4.78, 5) is 0. The predicted molar refractivity (Wildman–Crippen MR) is 125 cm³/mol. The van der Waals surface area contributed by atoms with E-state index < -0.39 is 0 Å². The van der Waals surface area contributed by atoms with Crippen LogP contribution in [0.1, 0.15) is 52.6 Å². The number of nitrogens with two attached hydrogens (primary N) is 1. The summed E-state index contributed by atoms with van der Waals surface area (Å²) in [7, 11) is 0. The van der Waals surface area contributed by atoms with Crippen LogP contribution >= 0.6 is 11.6 Å². The standard InChI is InChI=1S/C14H15N.C12H15Cl/c1-11-7-8-13(10-14(11)15)9-12-5-3-2-4-6-12;1-8(2)12-6-5-11(10(4)13)7-9(12)3/h2-8,10H,9,15H2,1H3;5-7,10H,1H2,2-4H3. The molecule has 28 heavy (non-hydrogen) atoms. The zero-order valence-electron chi connectivity index (χ0n) is 17.3. The molecule has 0 saturated heterocycles. The van der Waals surface area contributed by atoms with Crippen molar-refractivity contribution in [3.8, 4) is 0 Å². The van der Waals surface area contributed by atoms with Gasteiger partial charge in [0, 0.05) is 5.69 Å². The van der Waals surface area contributed by atoms with E-state index in [4.69, 9.17) is 17.3 Å². The lowest BCUT2D eigenvalue weighted by atomic mass is 9.99. The molecule has 0 heterocycles. The Labute approximate surface area is 174 Å². The number of allylic oxidation sites excluding steroid dienone is 1. The summed E-state index contributed by atoms with van der Waals surface area (Å²) in [5.74, 6) is 0. The Morgan fingerprint density at radius 3 is 2.14 bits per heavy atom. The van der Waals surface area contributed by atoms with Crippen molar-refractivity contribution in [2.45, 2.75) is 39.5 Å². The summed E-state index contributed by atoms with van der Waals surface area (Å²) in [5.41, 5.74) is 15.2. The van der Waals surface area contributed by atoms with Crippen LogP contribution in [0.5, 0.6) is 0 Å². The number of aryl methyl sites for hydroxylation is 2. The van der Waals surface area contributed by atoms with Crippen LogP contribution in [0.3, 0.4) is 0 Å². The molecule has 0 amide bonds. The smallest absolute Gasteiger partial charge is 0.0557 e. The van der Waals surface area contributed by atoms with Gasteiger partial charge in [-0.1, -0.05) is 72.8 Å². The van der Waals surface area contributed by atoms with Gasteiger partial charge in [-0.2, -0.15) is 0 Å². The van der Waals surface area contributed by atoms with E-state index >= 15 is 0 Å². The molecule has 3 aromatic carbocycles. The number of halogens is 1. The molecular formula is C26H30ClN. The first-order chi connectivity index (χ1) is 13.3. The van der Waals surface area contributed by atoms with Gasteiger partial charge in [0.25, 0.3) is 0 Å². The van der Waals surface area contributed by atoms with Crippen molar-refractivity contribution in [3.63, 3.8) is 0 Å². The van der Waals surface area contributed by atoms with Gasteiger partial charge in [0.05, 0.1) is 5.38 Å². The van der Waals surface area contributed by atoms with E-state index in [-0.39, 0.29) is 5.38 Å². The summed E-state index contributed by atoms with van der Waals surface area (Å²) in [6, 6.07) is 23.0. The first-order valence-corrected chi connectivity index (χ1v) is 10.0. The van der Waals surface area contributed by atoms with E-state index in [9.17, 15) is 0 Å². The van der Waals surface area contributed by atoms with Crippen molar-refractivity contribution < 1.29 is 0 Å². The molecule has 0 fully saturated rings. The van der Waals surface area contributed by atoms with E-state index in [0.717, 1.165) is 23.2 Å². The van der Waals surface area contributed by atoms with Crippen molar-refractivity contribution in [3.05, 3.63) is 107 Å². The maximum absolute atomic E-state index is 5.98. The van der Waals surface area contributed by atoms with E-state index in [2.05, 4.69) is 74.2 Å². The van der Waals surface area contributed by atoms with Crippen LogP contribution < -0.4 is 5.73 Å². The van der Waals surface area contributed by atoms with E-state index in [1.165, 1.54) is 27.8 Å². The highest BCUT2D eigenvalue weighted by Crippen LogP contribution is 2.24. The van der Waals surface area contributed by atoms with Crippen molar-refractivity contribution in [2.75, 3.05) is 5.73 Å². The fraction of sp³-hybridized carbons (Fsp3) is 0.231. The van der Waals surface area contributed by atoms with Gasteiger partial charge in [-0.05, 0) is 73.6 Å². The maximum atomic E-state index is 5.98. The molecule has 1 unspecified atom stereocenters. The largest absolute Gasteiger partial charge is 0.399 e. The summed E-state index contributed by atoms with van der Waals surface area (Å²) in [5, 5.41) is 0.0814. The summed E-state index contributed by atoms with van der Waals surface area (Å²) < 4.78 is 0. The zero-order chi connectivity index (χ0) is 20.7. The lowest BCUT2D eigenvalue weighted by molar-refractivity contribution is 1.08. The molecule has 0 aliphatic rings. The molecule has 2 N–H and O–H groups in total. The lowest BCUT2D eigenvalue weighted by Crippen LogP contribution is -1.93. The van der Waals surface area contributed by atoms with Crippen LogP contribution in [-0.2, 0) is 6.42 Å². The molecule has 0 spiro atoms. The topological polar surface area (TPSA) is 26.0 Å². The maximum Gasteiger partial charge on any atom is 0.0557 e. The number of alkyl halides is 1. The third-order valence-electron chi connectivity index (χ3n) is 4.76. The molecule has 0 aliphatic carbocycles. The molecule has 3 rings (SSSR count). The van der Waals surface area contributed by atoms with Gasteiger partial charge in [0.2, 0.25) is 0 Å². The van der Waals surface area contributed by atoms with Crippen molar-refractivity contribution >= 4 is 22.9 Å². The van der Waals surface area contributed by atoms with Crippen LogP contribution in [0, 0.1) is 13.8 Å². The highest BCUT2D eigenvalue weighted by molar-refractivity contribution is 6.20. The van der Waals surface area contributed by atoms with Gasteiger partial charge in [0.15, 0.2) is 0 Å². The van der Waals surface area contributed by atoms with Gasteiger partial charge in [-0.15, -0.1) is 11.6 Å². The number of hydrogen-bond donors (Lipinski definition) is 1. The molecule has 0 aliphatic heterocycles. The van der Waals surface area contributed by atoms with E-state index in [1.807, 2.05) is 26.8 Å². The Hall–Kier alpha value is -2.51. The number of nitrogen functional groups attached to an aromatic ring is 1. The third-order valence-corrected chi connectivity index (χ3v) is 5.02. The summed E-state index contributed by atoms with van der Waals surface area (Å²) in [6.07, 6.45) is 0.950. The Balaban J connectivity index is 0.000000203. The highest BCUT2D eigenvalue weighted by atomic mass is 35.5. The molecule has 1 nitrogen and oxygen atoms in total. The van der Waals surface area contributed by atoms with Gasteiger partial charge in [-0.3, -0.25) is 0 Å². The second-order valence-electron chi connectivity index (χ2n) is 7.32. The predicted octanol–water partition coefficient (Wildman–Crippen LogP) is 7.50. The minimum Gasteiger partial charge on any atom is -0.399 e. The van der Waals surface area contributed by atoms with Gasteiger partial charge < -0.3 is 5.73 Å². The Morgan fingerprint density at radius 2 is 1.61 bits per heavy atom. The molecule has 0 radical (unpaired) electrons. The minimum atomic E-state index is 0.0814. The van der Waals surface area contributed by atoms with Crippen molar-refractivity contribution in [1.29, 1.82) is 0 Å². The SMILES string of the molecule is C=C(C)c1ccc(C(C)Cl)cc1C.Cc1ccc(Cc2ccccc2)cc1N. The highest BCUT2D eigenvalue weighted by Gasteiger charge is 2.04. The molecule has 0 aromatic heterocycles. The Morgan fingerprint density at radius 1 is 0.929 bits per heavy atom. The van der Waals surface area contributed by atoms with Crippen LogP contribution in [0.25, 0.3) is 5.57 Å². The lowest BCUT2D eigenvalue weighted by Gasteiger charge is -2.09. The van der Waals surface area contributed by atoms with E-state index in [1.54, 1.807) is 0 Å². The quantitative estimate of drug-likeness (QED) is 0.361. The van der Waals surface area contributed by atoms with Crippen molar-refractivity contribution in [1.82, 2.24) is 0 Å². The fourth-order valence-electron chi connectivity index (χ4n) is 3.04. The fourth-order valence-corrected chi connectivity index (χ4v) is 3.18. The Kier molecular flexibility index (Phi) is 7.90. The molecule has 3 aromatic rings. The number of rotatable bonds is 4. The van der Waals surface area contributed by atoms with Crippen LogP contribution in [0.2, 0.25) is 0 Å². The zero-order valence-corrected chi connectivity index (χ0v) is 18.1. The molecule has 146 valence electrons. The van der Waals surface area contributed by atoms with E-state index in [0.29, 0.717) is 0 Å². The van der Waals surface area contributed by atoms with Crippen molar-refractivity contribution in [2.24, 2.45) is 0 Å². The van der Waals surface area contributed by atoms with Crippen LogP contribution in [0.4, 0.5) is 5.69 Å². The first-order valence-electron chi connectivity index (χ1n) is 9.57. The molecule has 2 heteroatoms. The summed E-state index contributed by atoms with van der Waals surface area (Å²) >= 11 is 5.98. The number of anilines is 1. The van der Waals surface area contributed by atoms with Crippen LogP contribution in [0.15, 0.2) is 73.3 Å². The molecular weight excluding hydrogens is 362 g/mol. The van der Waals surface area contributed by atoms with Gasteiger partial charge in [0.1, 0.15) is 0 Å². The molecule has 0 saturated carbocycles. The average molecular weight is 392 g/mol. The molecule has 1 atom stereocenters. The summed E-state index contributed by atoms with van der Waals surface area (Å²) in [6.45, 7) is 12.1. The Bertz CT molecular complexity index is 926. The second-order valence-corrected chi connectivity index (χ2v) is 7.98. The second kappa shape index (κ2) is 10.1. The van der Waals surface area contributed by atoms with Gasteiger partial charge in [-0.25, -0.2) is 0 Å². The monoisotopic (exact) mass is 391 g/mol.